The molecule has 1 aliphatic heterocycles. The van der Waals surface area contributed by atoms with Crippen molar-refractivity contribution in [3.8, 4) is 0 Å². The van der Waals surface area contributed by atoms with Crippen LogP contribution in [0.1, 0.15) is 16.8 Å². The number of hydrogen-bond acceptors (Lipinski definition) is 3. The molecule has 1 fully saturated rings. The molecular weight excluding hydrogens is 244 g/mol. The van der Waals surface area contributed by atoms with E-state index in [1.807, 2.05) is 18.2 Å². The second kappa shape index (κ2) is 6.33. The number of aliphatic hydroxyl groups excluding tert-OH is 1. The second-order valence-electron chi connectivity index (χ2n) is 4.51. The Kier molecular flexibility index (Phi) is 4.52. The molecule has 5 heteroatoms. The van der Waals surface area contributed by atoms with Gasteiger partial charge in [0.1, 0.15) is 0 Å². The van der Waals surface area contributed by atoms with E-state index in [0.717, 1.165) is 0 Å². The van der Waals surface area contributed by atoms with Crippen molar-refractivity contribution in [1.82, 2.24) is 9.80 Å². The minimum absolute atomic E-state index is 0.00913. The smallest absolute Gasteiger partial charge is 0.253 e. The highest BCUT2D eigenvalue weighted by Gasteiger charge is 2.24. The maximum absolute atomic E-state index is 12.2. The Labute approximate surface area is 112 Å². The summed E-state index contributed by atoms with van der Waals surface area (Å²) in [5.74, 6) is -0.0378. The van der Waals surface area contributed by atoms with Gasteiger partial charge in [0, 0.05) is 38.2 Å². The predicted octanol–water partition coefficient (Wildman–Crippen LogP) is 0.353. The second-order valence-corrected chi connectivity index (χ2v) is 4.51. The van der Waals surface area contributed by atoms with Crippen LogP contribution in [-0.2, 0) is 4.79 Å². The van der Waals surface area contributed by atoms with Gasteiger partial charge in [0.05, 0.1) is 6.61 Å². The summed E-state index contributed by atoms with van der Waals surface area (Å²) >= 11 is 0. The number of rotatable bonds is 3. The third-order valence-corrected chi connectivity index (χ3v) is 3.27. The molecule has 5 nitrogen and oxygen atoms in total. The van der Waals surface area contributed by atoms with E-state index in [9.17, 15) is 9.59 Å². The van der Waals surface area contributed by atoms with Gasteiger partial charge in [0.2, 0.25) is 5.91 Å². The third-order valence-electron chi connectivity index (χ3n) is 3.27. The number of piperazine rings is 1. The first-order valence-corrected chi connectivity index (χ1v) is 6.45. The van der Waals surface area contributed by atoms with Crippen molar-refractivity contribution in [2.45, 2.75) is 6.42 Å². The van der Waals surface area contributed by atoms with E-state index in [-0.39, 0.29) is 24.8 Å². The Hall–Kier alpha value is -1.88. The maximum atomic E-state index is 12.2. The Morgan fingerprint density at radius 3 is 2.16 bits per heavy atom. The fraction of sp³-hybridized carbons (Fsp3) is 0.429. The van der Waals surface area contributed by atoms with E-state index in [4.69, 9.17) is 5.11 Å². The van der Waals surface area contributed by atoms with Crippen molar-refractivity contribution in [3.63, 3.8) is 0 Å². The van der Waals surface area contributed by atoms with E-state index >= 15 is 0 Å². The van der Waals surface area contributed by atoms with Crippen molar-refractivity contribution in [1.29, 1.82) is 0 Å². The van der Waals surface area contributed by atoms with E-state index in [1.165, 1.54) is 0 Å². The number of carbonyl (C=O) groups is 2. The lowest BCUT2D eigenvalue weighted by molar-refractivity contribution is -0.133. The quantitative estimate of drug-likeness (QED) is 0.855. The first-order chi connectivity index (χ1) is 9.22. The van der Waals surface area contributed by atoms with Crippen molar-refractivity contribution < 1.29 is 14.7 Å². The fourth-order valence-corrected chi connectivity index (χ4v) is 2.18. The minimum Gasteiger partial charge on any atom is -0.396 e. The van der Waals surface area contributed by atoms with Crippen LogP contribution in [-0.4, -0.2) is 59.5 Å². The Balaban J connectivity index is 1.90. The first kappa shape index (κ1) is 13.5. The van der Waals surface area contributed by atoms with Crippen molar-refractivity contribution in [3.05, 3.63) is 35.9 Å². The summed E-state index contributed by atoms with van der Waals surface area (Å²) < 4.78 is 0. The summed E-state index contributed by atoms with van der Waals surface area (Å²) in [5.41, 5.74) is 0.678. The summed E-state index contributed by atoms with van der Waals surface area (Å²) in [7, 11) is 0. The summed E-state index contributed by atoms with van der Waals surface area (Å²) in [4.78, 5) is 27.3. The molecule has 2 amide bonds. The zero-order valence-electron chi connectivity index (χ0n) is 10.8. The van der Waals surface area contributed by atoms with Crippen LogP contribution in [0.2, 0.25) is 0 Å². The number of hydrogen-bond donors (Lipinski definition) is 1. The normalized spacial score (nSPS) is 15.4. The highest BCUT2D eigenvalue weighted by atomic mass is 16.3. The van der Waals surface area contributed by atoms with Gasteiger partial charge in [-0.1, -0.05) is 18.2 Å². The summed E-state index contributed by atoms with van der Waals surface area (Å²) in [5, 5.41) is 8.74. The van der Waals surface area contributed by atoms with Crippen molar-refractivity contribution in [2.24, 2.45) is 0 Å². The van der Waals surface area contributed by atoms with Gasteiger partial charge in [0.15, 0.2) is 0 Å². The van der Waals surface area contributed by atoms with Crippen molar-refractivity contribution >= 4 is 11.8 Å². The van der Waals surface area contributed by atoms with Crippen LogP contribution in [0.25, 0.3) is 0 Å². The molecule has 0 aliphatic carbocycles. The predicted molar refractivity (Wildman–Crippen MR) is 70.6 cm³/mol. The SMILES string of the molecule is O=C(CCO)N1CCN(C(=O)c2ccccc2)CC1. The average molecular weight is 262 g/mol. The number of amides is 2. The molecule has 1 aromatic rings. The first-order valence-electron chi connectivity index (χ1n) is 6.45. The fourth-order valence-electron chi connectivity index (χ4n) is 2.18. The zero-order valence-corrected chi connectivity index (χ0v) is 10.8. The van der Waals surface area contributed by atoms with Crippen molar-refractivity contribution in [2.75, 3.05) is 32.8 Å². The molecule has 0 aromatic heterocycles. The molecule has 1 N–H and O–H groups in total. The topological polar surface area (TPSA) is 60.9 Å². The molecular formula is C14H18N2O3. The Bertz CT molecular complexity index is 439. The van der Waals surface area contributed by atoms with E-state index < -0.39 is 0 Å². The molecule has 0 atom stereocenters. The van der Waals surface area contributed by atoms with Crippen LogP contribution in [0.4, 0.5) is 0 Å². The highest BCUT2D eigenvalue weighted by molar-refractivity contribution is 5.94. The molecule has 1 heterocycles. The maximum Gasteiger partial charge on any atom is 0.253 e. The van der Waals surface area contributed by atoms with Crippen LogP contribution in [0.5, 0.6) is 0 Å². The molecule has 0 saturated carbocycles. The van der Waals surface area contributed by atoms with Gasteiger partial charge in [-0.25, -0.2) is 0 Å². The van der Waals surface area contributed by atoms with Gasteiger partial charge in [0.25, 0.3) is 5.91 Å². The standard InChI is InChI=1S/C14H18N2O3/c17-11-6-13(18)15-7-9-16(10-8-15)14(19)12-4-2-1-3-5-12/h1-5,17H,6-11H2. The number of carbonyl (C=O) groups excluding carboxylic acids is 2. The Morgan fingerprint density at radius 2 is 1.58 bits per heavy atom. The van der Waals surface area contributed by atoms with E-state index in [0.29, 0.717) is 31.7 Å². The molecule has 0 unspecified atom stereocenters. The Morgan fingerprint density at radius 1 is 1.00 bits per heavy atom. The number of nitrogens with zero attached hydrogens (tertiary/aromatic N) is 2. The van der Waals surface area contributed by atoms with Gasteiger partial charge in [-0.15, -0.1) is 0 Å². The lowest BCUT2D eigenvalue weighted by Crippen LogP contribution is -2.50. The highest BCUT2D eigenvalue weighted by Crippen LogP contribution is 2.09. The molecule has 102 valence electrons. The van der Waals surface area contributed by atoms with Crippen LogP contribution >= 0.6 is 0 Å². The van der Waals surface area contributed by atoms with Gasteiger partial charge in [-0.3, -0.25) is 9.59 Å². The monoisotopic (exact) mass is 262 g/mol. The van der Waals surface area contributed by atoms with Gasteiger partial charge >= 0.3 is 0 Å². The molecule has 1 aromatic carbocycles. The molecule has 19 heavy (non-hydrogen) atoms. The lowest BCUT2D eigenvalue weighted by Gasteiger charge is -2.34. The molecule has 1 aliphatic rings. The molecule has 0 bridgehead atoms. The van der Waals surface area contributed by atoms with Crippen LogP contribution < -0.4 is 0 Å². The molecule has 1 saturated heterocycles. The zero-order chi connectivity index (χ0) is 13.7. The number of benzene rings is 1. The average Bonchev–Trinajstić information content (AvgIpc) is 2.48. The summed E-state index contributed by atoms with van der Waals surface area (Å²) in [6, 6.07) is 9.15. The van der Waals surface area contributed by atoms with Gasteiger partial charge < -0.3 is 14.9 Å². The molecule has 0 spiro atoms. The van der Waals surface area contributed by atoms with Crippen LogP contribution in [0.15, 0.2) is 30.3 Å². The summed E-state index contributed by atoms with van der Waals surface area (Å²) in [6.45, 7) is 2.05. The van der Waals surface area contributed by atoms with Crippen LogP contribution in [0, 0.1) is 0 Å². The number of aliphatic hydroxyl groups is 1. The van der Waals surface area contributed by atoms with E-state index in [1.54, 1.807) is 21.9 Å². The van der Waals surface area contributed by atoms with Crippen LogP contribution in [0.3, 0.4) is 0 Å². The molecule has 0 radical (unpaired) electrons. The van der Waals surface area contributed by atoms with Gasteiger partial charge in [-0.05, 0) is 12.1 Å². The summed E-state index contributed by atoms with van der Waals surface area (Å²) in [6.07, 6.45) is 0.159. The molecule has 2 rings (SSSR count). The third kappa shape index (κ3) is 3.32. The lowest BCUT2D eigenvalue weighted by atomic mass is 10.2. The largest absolute Gasteiger partial charge is 0.396 e. The van der Waals surface area contributed by atoms with Gasteiger partial charge in [-0.2, -0.15) is 0 Å². The van der Waals surface area contributed by atoms with E-state index in [2.05, 4.69) is 0 Å². The minimum atomic E-state index is -0.123.